The van der Waals surface area contributed by atoms with Gasteiger partial charge in [-0.2, -0.15) is 5.10 Å². The molecule has 26 heavy (non-hydrogen) atoms. The molecular weight excluding hydrogens is 357 g/mol. The summed E-state index contributed by atoms with van der Waals surface area (Å²) in [5.41, 5.74) is 1.86. The van der Waals surface area contributed by atoms with E-state index in [-0.39, 0.29) is 6.10 Å². The van der Waals surface area contributed by atoms with Gasteiger partial charge in [-0.25, -0.2) is 19.3 Å². The van der Waals surface area contributed by atoms with Gasteiger partial charge in [0, 0.05) is 31.5 Å². The molecule has 0 aromatic carbocycles. The molecule has 0 spiro atoms. The van der Waals surface area contributed by atoms with Crippen LogP contribution in [0.3, 0.4) is 0 Å². The third-order valence-electron chi connectivity index (χ3n) is 4.22. The second kappa shape index (κ2) is 6.96. The lowest BCUT2D eigenvalue weighted by Crippen LogP contribution is -2.33. The molecule has 8 nitrogen and oxygen atoms in total. The monoisotopic (exact) mass is 375 g/mol. The number of hydrogen-bond acceptors (Lipinski definition) is 8. The molecular formula is C16H18FN7OS. The number of nitrogens with one attached hydrogen (secondary N) is 2. The Morgan fingerprint density at radius 3 is 2.96 bits per heavy atom. The van der Waals surface area contributed by atoms with Crippen molar-refractivity contribution in [2.75, 3.05) is 30.4 Å². The van der Waals surface area contributed by atoms with Crippen molar-refractivity contribution in [3.05, 3.63) is 29.3 Å². The van der Waals surface area contributed by atoms with Gasteiger partial charge in [-0.05, 0) is 6.92 Å². The fraction of sp³-hybridized carbons (Fsp3) is 0.375. The molecule has 10 heteroatoms. The van der Waals surface area contributed by atoms with Crippen molar-refractivity contribution in [2.45, 2.75) is 19.4 Å². The van der Waals surface area contributed by atoms with Crippen LogP contribution in [0.4, 0.5) is 21.3 Å². The lowest BCUT2D eigenvalue weighted by molar-refractivity contribution is 0.123. The predicted molar refractivity (Wildman–Crippen MR) is 97.4 cm³/mol. The van der Waals surface area contributed by atoms with Gasteiger partial charge in [-0.1, -0.05) is 0 Å². The fourth-order valence-corrected chi connectivity index (χ4v) is 3.83. The van der Waals surface area contributed by atoms with Gasteiger partial charge in [-0.15, -0.1) is 11.3 Å². The number of thiazole rings is 1. The fourth-order valence-electron chi connectivity index (χ4n) is 2.87. The first kappa shape index (κ1) is 16.9. The Labute approximate surface area is 153 Å². The first-order valence-electron chi connectivity index (χ1n) is 8.20. The van der Waals surface area contributed by atoms with Crippen LogP contribution in [0.2, 0.25) is 0 Å². The molecule has 4 heterocycles. The van der Waals surface area contributed by atoms with Crippen LogP contribution in [0.15, 0.2) is 18.6 Å². The topological polar surface area (TPSA) is 91.8 Å². The maximum absolute atomic E-state index is 12.9. The van der Waals surface area contributed by atoms with E-state index >= 15 is 0 Å². The standard InChI is InChI=1S/C16H18FN7OS/c1-9(25-2)8-24-4-3-12-13(11-7-20-23-14(11)24)21-16(26-12)22-15-18-5-10(17)6-19-15/h5-7,9H,3-4,8H2,1-2H3,(H,20,23)(H,18,19,21,22). The average Bonchev–Trinajstić information content (AvgIpc) is 3.24. The highest BCUT2D eigenvalue weighted by atomic mass is 32.1. The number of fused-ring (bicyclic) bond motifs is 3. The normalized spacial score (nSPS) is 14.5. The molecule has 3 aromatic rings. The summed E-state index contributed by atoms with van der Waals surface area (Å²) in [6.07, 6.45) is 5.01. The second-order valence-electron chi connectivity index (χ2n) is 6.02. The molecule has 0 bridgehead atoms. The van der Waals surface area contributed by atoms with Crippen LogP contribution in [-0.4, -0.2) is 51.5 Å². The second-order valence-corrected chi connectivity index (χ2v) is 7.10. The minimum atomic E-state index is -0.473. The molecule has 0 fully saturated rings. The first-order chi connectivity index (χ1) is 12.6. The number of hydrogen-bond donors (Lipinski definition) is 2. The minimum absolute atomic E-state index is 0.114. The molecule has 136 valence electrons. The number of halogens is 1. The summed E-state index contributed by atoms with van der Waals surface area (Å²) in [7, 11) is 1.71. The zero-order chi connectivity index (χ0) is 18.1. The van der Waals surface area contributed by atoms with Crippen LogP contribution in [0.25, 0.3) is 11.3 Å². The van der Waals surface area contributed by atoms with Gasteiger partial charge in [0.25, 0.3) is 0 Å². The van der Waals surface area contributed by atoms with E-state index in [2.05, 4.69) is 30.4 Å². The molecule has 1 aliphatic heterocycles. The maximum Gasteiger partial charge on any atom is 0.229 e. The van der Waals surface area contributed by atoms with E-state index in [1.54, 1.807) is 24.6 Å². The number of rotatable bonds is 5. The molecule has 0 amide bonds. The van der Waals surface area contributed by atoms with E-state index in [0.717, 1.165) is 53.9 Å². The summed E-state index contributed by atoms with van der Waals surface area (Å²) >= 11 is 1.55. The van der Waals surface area contributed by atoms with Crippen LogP contribution in [0.1, 0.15) is 11.8 Å². The summed E-state index contributed by atoms with van der Waals surface area (Å²) in [5.74, 6) is 0.791. The highest BCUT2D eigenvalue weighted by molar-refractivity contribution is 7.16. The van der Waals surface area contributed by atoms with Gasteiger partial charge in [0.15, 0.2) is 10.9 Å². The average molecular weight is 375 g/mol. The third kappa shape index (κ3) is 3.25. The SMILES string of the molecule is COC(C)CN1CCc2sc(Nc3ncc(F)cn3)nc2-c2cn[nH]c21. The van der Waals surface area contributed by atoms with Crippen molar-refractivity contribution >= 4 is 28.2 Å². The lowest BCUT2D eigenvalue weighted by Gasteiger charge is -2.25. The minimum Gasteiger partial charge on any atom is -0.380 e. The molecule has 0 saturated carbocycles. The van der Waals surface area contributed by atoms with Crippen molar-refractivity contribution in [3.8, 4) is 11.3 Å². The van der Waals surface area contributed by atoms with Gasteiger partial charge in [0.1, 0.15) is 5.82 Å². The Kier molecular flexibility index (Phi) is 4.51. The van der Waals surface area contributed by atoms with Crippen molar-refractivity contribution in [1.82, 2.24) is 25.1 Å². The molecule has 3 aromatic heterocycles. The van der Waals surface area contributed by atoms with Gasteiger partial charge in [0.2, 0.25) is 5.95 Å². The van der Waals surface area contributed by atoms with Crippen molar-refractivity contribution in [1.29, 1.82) is 0 Å². The van der Waals surface area contributed by atoms with Crippen LogP contribution in [-0.2, 0) is 11.2 Å². The Hall–Kier alpha value is -2.59. The molecule has 1 unspecified atom stereocenters. The van der Waals surface area contributed by atoms with E-state index in [1.165, 1.54) is 0 Å². The molecule has 2 N–H and O–H groups in total. The molecule has 4 rings (SSSR count). The van der Waals surface area contributed by atoms with Gasteiger partial charge in [-0.3, -0.25) is 5.10 Å². The van der Waals surface area contributed by atoms with Crippen molar-refractivity contribution in [3.63, 3.8) is 0 Å². The Morgan fingerprint density at radius 1 is 1.38 bits per heavy atom. The highest BCUT2D eigenvalue weighted by Crippen LogP contribution is 2.39. The number of ether oxygens (including phenoxy) is 1. The Bertz CT molecular complexity index is 894. The third-order valence-corrected chi connectivity index (χ3v) is 5.25. The number of anilines is 3. The summed E-state index contributed by atoms with van der Waals surface area (Å²) in [5, 5.41) is 11.0. The van der Waals surface area contributed by atoms with Crippen LogP contribution < -0.4 is 10.2 Å². The maximum atomic E-state index is 12.9. The predicted octanol–water partition coefficient (Wildman–Crippen LogP) is 2.60. The summed E-state index contributed by atoms with van der Waals surface area (Å²) < 4.78 is 18.3. The quantitative estimate of drug-likeness (QED) is 0.708. The van der Waals surface area contributed by atoms with Gasteiger partial charge < -0.3 is 15.0 Å². The first-order valence-corrected chi connectivity index (χ1v) is 9.01. The van der Waals surface area contributed by atoms with Crippen molar-refractivity contribution in [2.24, 2.45) is 0 Å². The molecule has 0 aliphatic carbocycles. The van der Waals surface area contributed by atoms with E-state index < -0.39 is 5.82 Å². The van der Waals surface area contributed by atoms with Crippen LogP contribution in [0.5, 0.6) is 0 Å². The number of aromatic amines is 1. The Morgan fingerprint density at radius 2 is 2.19 bits per heavy atom. The molecule has 0 saturated heterocycles. The number of aromatic nitrogens is 5. The highest BCUT2D eigenvalue weighted by Gasteiger charge is 2.26. The largest absolute Gasteiger partial charge is 0.380 e. The summed E-state index contributed by atoms with van der Waals surface area (Å²) in [4.78, 5) is 15.9. The van der Waals surface area contributed by atoms with Gasteiger partial charge >= 0.3 is 0 Å². The van der Waals surface area contributed by atoms with Crippen molar-refractivity contribution < 1.29 is 9.13 Å². The molecule has 1 aliphatic rings. The van der Waals surface area contributed by atoms with E-state index in [9.17, 15) is 4.39 Å². The number of nitrogens with zero attached hydrogens (tertiary/aromatic N) is 5. The van der Waals surface area contributed by atoms with Crippen LogP contribution >= 0.6 is 11.3 Å². The zero-order valence-electron chi connectivity index (χ0n) is 14.4. The zero-order valence-corrected chi connectivity index (χ0v) is 15.2. The van der Waals surface area contributed by atoms with Crippen LogP contribution in [0, 0.1) is 5.82 Å². The molecule has 1 atom stereocenters. The smallest absolute Gasteiger partial charge is 0.229 e. The Balaban J connectivity index is 1.62. The summed E-state index contributed by atoms with van der Waals surface area (Å²) in [6, 6.07) is 0. The van der Waals surface area contributed by atoms with Gasteiger partial charge in [0.05, 0.1) is 36.0 Å². The van der Waals surface area contributed by atoms with E-state index in [1.807, 2.05) is 6.92 Å². The lowest BCUT2D eigenvalue weighted by atomic mass is 10.2. The summed E-state index contributed by atoms with van der Waals surface area (Å²) in [6.45, 7) is 3.65. The van der Waals surface area contributed by atoms with E-state index in [4.69, 9.17) is 9.72 Å². The number of H-pyrrole nitrogens is 1. The molecule has 0 radical (unpaired) electrons. The van der Waals surface area contributed by atoms with E-state index in [0.29, 0.717) is 11.1 Å². The number of methoxy groups -OCH3 is 1.